The van der Waals surface area contributed by atoms with Gasteiger partial charge in [0.15, 0.2) is 0 Å². The Kier molecular flexibility index (Phi) is 4.83. The molecule has 1 unspecified atom stereocenters. The average molecular weight is 396 g/mol. The number of carbonyl (C=O) groups is 2. The lowest BCUT2D eigenvalue weighted by atomic mass is 10.0. The van der Waals surface area contributed by atoms with Gasteiger partial charge >= 0.3 is 0 Å². The van der Waals surface area contributed by atoms with E-state index in [2.05, 4.69) is 0 Å². The molecular formula is C21H17FN2O3S. The summed E-state index contributed by atoms with van der Waals surface area (Å²) >= 11 is 1.42. The smallest absolute Gasteiger partial charge is 0.255 e. The number of anilines is 2. The third-order valence-electron chi connectivity index (χ3n) is 4.67. The molecule has 0 radical (unpaired) electrons. The van der Waals surface area contributed by atoms with Gasteiger partial charge in [-0.05, 0) is 46.7 Å². The van der Waals surface area contributed by atoms with Crippen LogP contribution in [0.5, 0.6) is 5.75 Å². The molecule has 1 aliphatic heterocycles. The summed E-state index contributed by atoms with van der Waals surface area (Å²) in [6.45, 7) is -0.200. The lowest BCUT2D eigenvalue weighted by Gasteiger charge is -2.40. The number of amides is 2. The van der Waals surface area contributed by atoms with Crippen molar-refractivity contribution >= 4 is 34.5 Å². The van der Waals surface area contributed by atoms with Crippen LogP contribution in [0.2, 0.25) is 0 Å². The van der Waals surface area contributed by atoms with Crippen LogP contribution in [-0.2, 0) is 9.59 Å². The van der Waals surface area contributed by atoms with Crippen LogP contribution in [-0.4, -0.2) is 25.5 Å². The second-order valence-electron chi connectivity index (χ2n) is 6.27. The Hall–Kier alpha value is -3.19. The molecule has 0 saturated carbocycles. The molecule has 1 atom stereocenters. The number of methoxy groups -OCH3 is 1. The highest BCUT2D eigenvalue weighted by Crippen LogP contribution is 2.38. The minimum atomic E-state index is -0.950. The van der Waals surface area contributed by atoms with Crippen molar-refractivity contribution in [2.75, 3.05) is 23.5 Å². The Balaban J connectivity index is 1.83. The second kappa shape index (κ2) is 7.44. The monoisotopic (exact) mass is 396 g/mol. The van der Waals surface area contributed by atoms with Crippen LogP contribution < -0.4 is 14.5 Å². The molecule has 1 aromatic heterocycles. The van der Waals surface area contributed by atoms with Crippen molar-refractivity contribution in [3.05, 3.63) is 76.7 Å². The highest BCUT2D eigenvalue weighted by Gasteiger charge is 2.43. The molecule has 0 N–H and O–H groups in total. The quantitative estimate of drug-likeness (QED) is 0.669. The van der Waals surface area contributed by atoms with Crippen molar-refractivity contribution in [2.24, 2.45) is 0 Å². The van der Waals surface area contributed by atoms with Crippen molar-refractivity contribution in [1.82, 2.24) is 0 Å². The zero-order chi connectivity index (χ0) is 19.7. The summed E-state index contributed by atoms with van der Waals surface area (Å²) in [4.78, 5) is 29.3. The van der Waals surface area contributed by atoms with Crippen molar-refractivity contribution < 1.29 is 18.7 Å². The number of thiophene rings is 1. The summed E-state index contributed by atoms with van der Waals surface area (Å²) in [5.74, 6) is -0.737. The van der Waals surface area contributed by atoms with E-state index in [1.165, 1.54) is 40.4 Å². The van der Waals surface area contributed by atoms with Gasteiger partial charge in [-0.2, -0.15) is 11.3 Å². The maximum atomic E-state index is 14.5. The molecule has 1 saturated heterocycles. The normalized spacial score (nSPS) is 17.1. The lowest BCUT2D eigenvalue weighted by Crippen LogP contribution is -2.56. The van der Waals surface area contributed by atoms with Crippen molar-refractivity contribution in [3.63, 3.8) is 0 Å². The van der Waals surface area contributed by atoms with Gasteiger partial charge in [0.1, 0.15) is 24.2 Å². The van der Waals surface area contributed by atoms with E-state index >= 15 is 0 Å². The van der Waals surface area contributed by atoms with Crippen LogP contribution in [0.15, 0.2) is 65.4 Å². The summed E-state index contributed by atoms with van der Waals surface area (Å²) in [7, 11) is 1.51. The summed E-state index contributed by atoms with van der Waals surface area (Å²) in [5.41, 5.74) is 1.25. The van der Waals surface area contributed by atoms with Gasteiger partial charge < -0.3 is 4.74 Å². The van der Waals surface area contributed by atoms with Crippen LogP contribution in [0.1, 0.15) is 11.6 Å². The molecule has 2 amide bonds. The zero-order valence-electron chi connectivity index (χ0n) is 15.0. The molecule has 0 spiro atoms. The molecule has 2 aromatic carbocycles. The van der Waals surface area contributed by atoms with E-state index in [1.54, 1.807) is 47.8 Å². The Labute approximate surface area is 165 Å². The highest BCUT2D eigenvalue weighted by molar-refractivity contribution is 7.08. The fourth-order valence-corrected chi connectivity index (χ4v) is 4.07. The average Bonchev–Trinajstić information content (AvgIpc) is 3.24. The van der Waals surface area contributed by atoms with Gasteiger partial charge in [-0.3, -0.25) is 19.4 Å². The fraction of sp³-hybridized carbons (Fsp3) is 0.143. The van der Waals surface area contributed by atoms with Gasteiger partial charge in [0.2, 0.25) is 5.91 Å². The number of nitrogens with zero attached hydrogens (tertiary/aromatic N) is 2. The SMILES string of the molecule is COc1ccccc1N1CC(=O)N(c2ccccc2F)C(c2ccsc2)C1=O. The van der Waals surface area contributed by atoms with Gasteiger partial charge in [0, 0.05) is 0 Å². The molecule has 4 rings (SSSR count). The number of benzene rings is 2. The van der Waals surface area contributed by atoms with E-state index in [9.17, 15) is 14.0 Å². The third-order valence-corrected chi connectivity index (χ3v) is 5.37. The molecule has 142 valence electrons. The summed E-state index contributed by atoms with van der Waals surface area (Å²) in [6, 6.07) is 13.9. The largest absolute Gasteiger partial charge is 0.495 e. The van der Waals surface area contributed by atoms with E-state index < -0.39 is 11.9 Å². The highest BCUT2D eigenvalue weighted by atomic mass is 32.1. The Morgan fingerprint density at radius 1 is 1.04 bits per heavy atom. The van der Waals surface area contributed by atoms with E-state index in [1.807, 2.05) is 5.38 Å². The summed E-state index contributed by atoms with van der Waals surface area (Å²) in [6.07, 6.45) is 0. The molecule has 3 aromatic rings. The fourth-order valence-electron chi connectivity index (χ4n) is 3.39. The van der Waals surface area contributed by atoms with Gasteiger partial charge in [-0.1, -0.05) is 24.3 Å². The first-order valence-electron chi connectivity index (χ1n) is 8.65. The van der Waals surface area contributed by atoms with Crippen molar-refractivity contribution in [2.45, 2.75) is 6.04 Å². The number of piperazine rings is 1. The Morgan fingerprint density at radius 2 is 1.75 bits per heavy atom. The first kappa shape index (κ1) is 18.2. The molecule has 2 heterocycles. The minimum absolute atomic E-state index is 0.0942. The Morgan fingerprint density at radius 3 is 2.43 bits per heavy atom. The number of rotatable bonds is 4. The van der Waals surface area contributed by atoms with Crippen LogP contribution in [0.3, 0.4) is 0 Å². The van der Waals surface area contributed by atoms with E-state index in [4.69, 9.17) is 4.74 Å². The standard InChI is InChI=1S/C21H17FN2O3S/c1-27-18-9-5-4-8-17(18)23-12-19(25)24(16-7-3-2-6-15(16)22)20(21(23)26)14-10-11-28-13-14/h2-11,13,20H,12H2,1H3. The van der Waals surface area contributed by atoms with Crippen molar-refractivity contribution in [3.8, 4) is 5.75 Å². The molecule has 28 heavy (non-hydrogen) atoms. The van der Waals surface area contributed by atoms with E-state index in [0.717, 1.165) is 0 Å². The number of carbonyl (C=O) groups excluding carboxylic acids is 2. The molecule has 1 fully saturated rings. The summed E-state index contributed by atoms with van der Waals surface area (Å²) in [5, 5.41) is 3.63. The van der Waals surface area contributed by atoms with Gasteiger partial charge in [-0.25, -0.2) is 4.39 Å². The second-order valence-corrected chi connectivity index (χ2v) is 7.05. The van der Waals surface area contributed by atoms with Crippen LogP contribution in [0, 0.1) is 5.82 Å². The van der Waals surface area contributed by atoms with E-state index in [-0.39, 0.29) is 24.0 Å². The van der Waals surface area contributed by atoms with Crippen LogP contribution in [0.25, 0.3) is 0 Å². The number of ether oxygens (including phenoxy) is 1. The molecule has 0 aliphatic carbocycles. The summed E-state index contributed by atoms with van der Waals surface area (Å²) < 4.78 is 19.9. The van der Waals surface area contributed by atoms with Gasteiger partial charge in [0.25, 0.3) is 5.91 Å². The van der Waals surface area contributed by atoms with Crippen LogP contribution in [0.4, 0.5) is 15.8 Å². The predicted molar refractivity (Wildman–Crippen MR) is 106 cm³/mol. The number of halogens is 1. The zero-order valence-corrected chi connectivity index (χ0v) is 15.9. The first-order chi connectivity index (χ1) is 13.6. The predicted octanol–water partition coefficient (Wildman–Crippen LogP) is 4.02. The number of hydrogen-bond acceptors (Lipinski definition) is 4. The van der Waals surface area contributed by atoms with Gasteiger partial charge in [-0.15, -0.1) is 0 Å². The molecule has 0 bridgehead atoms. The number of para-hydroxylation sites is 3. The minimum Gasteiger partial charge on any atom is -0.495 e. The lowest BCUT2D eigenvalue weighted by molar-refractivity contribution is -0.128. The topological polar surface area (TPSA) is 49.9 Å². The van der Waals surface area contributed by atoms with Gasteiger partial charge in [0.05, 0.1) is 18.5 Å². The maximum absolute atomic E-state index is 14.5. The number of hydrogen-bond donors (Lipinski definition) is 0. The first-order valence-corrected chi connectivity index (χ1v) is 9.59. The van der Waals surface area contributed by atoms with Crippen molar-refractivity contribution in [1.29, 1.82) is 0 Å². The molecule has 5 nitrogen and oxygen atoms in total. The van der Waals surface area contributed by atoms with Crippen LogP contribution >= 0.6 is 11.3 Å². The molecule has 7 heteroatoms. The molecular weight excluding hydrogens is 379 g/mol. The maximum Gasteiger partial charge on any atom is 0.255 e. The van der Waals surface area contributed by atoms with E-state index in [0.29, 0.717) is 17.0 Å². The molecule has 1 aliphatic rings. The Bertz CT molecular complexity index is 1020. The third kappa shape index (κ3) is 3.03.